The fraction of sp³-hybridized carbons (Fsp3) is 0.429. The van der Waals surface area contributed by atoms with Gasteiger partial charge in [0, 0.05) is 19.5 Å². The first-order valence-electron chi connectivity index (χ1n) is 6.43. The first kappa shape index (κ1) is 14.4. The van der Waals surface area contributed by atoms with Crippen LogP contribution in [0.15, 0.2) is 18.2 Å². The third-order valence-corrected chi connectivity index (χ3v) is 3.43. The monoisotopic (exact) mass is 283 g/mol. The van der Waals surface area contributed by atoms with Gasteiger partial charge in [-0.2, -0.15) is 0 Å². The molecule has 1 aliphatic heterocycles. The molecule has 4 nitrogen and oxygen atoms in total. The van der Waals surface area contributed by atoms with E-state index < -0.39 is 23.5 Å². The molecule has 20 heavy (non-hydrogen) atoms. The summed E-state index contributed by atoms with van der Waals surface area (Å²) in [6.45, 7) is 0.700. The van der Waals surface area contributed by atoms with Crippen LogP contribution in [0.4, 0.5) is 8.78 Å². The molecule has 6 heteroatoms. The summed E-state index contributed by atoms with van der Waals surface area (Å²) in [5.41, 5.74) is -0.305. The second kappa shape index (κ2) is 5.98. The summed E-state index contributed by atoms with van der Waals surface area (Å²) in [5, 5.41) is 8.78. The molecule has 1 saturated heterocycles. The van der Waals surface area contributed by atoms with Gasteiger partial charge in [-0.05, 0) is 37.0 Å². The van der Waals surface area contributed by atoms with E-state index in [0.29, 0.717) is 13.0 Å². The number of hydrogen-bond donors (Lipinski definition) is 1. The van der Waals surface area contributed by atoms with Gasteiger partial charge in [-0.15, -0.1) is 0 Å². The number of likely N-dealkylation sites (tertiary alicyclic amines) is 1. The minimum absolute atomic E-state index is 0.0184. The lowest BCUT2D eigenvalue weighted by molar-refractivity contribution is -0.138. The van der Waals surface area contributed by atoms with Crippen molar-refractivity contribution in [2.24, 2.45) is 5.92 Å². The van der Waals surface area contributed by atoms with Crippen LogP contribution >= 0.6 is 0 Å². The van der Waals surface area contributed by atoms with Crippen LogP contribution in [0.1, 0.15) is 29.6 Å². The van der Waals surface area contributed by atoms with E-state index in [1.54, 1.807) is 0 Å². The van der Waals surface area contributed by atoms with E-state index in [4.69, 9.17) is 5.11 Å². The summed E-state index contributed by atoms with van der Waals surface area (Å²) >= 11 is 0. The maximum Gasteiger partial charge on any atom is 0.303 e. The van der Waals surface area contributed by atoms with Gasteiger partial charge in [-0.1, -0.05) is 0 Å². The van der Waals surface area contributed by atoms with Gasteiger partial charge >= 0.3 is 5.97 Å². The SMILES string of the molecule is O=C(O)CC1CCCN(C(=O)c2cc(F)ccc2F)C1. The van der Waals surface area contributed by atoms with Crippen LogP contribution < -0.4 is 0 Å². The van der Waals surface area contributed by atoms with Crippen LogP contribution in [-0.4, -0.2) is 35.0 Å². The van der Waals surface area contributed by atoms with Gasteiger partial charge in [-0.25, -0.2) is 8.78 Å². The Kier molecular flexibility index (Phi) is 4.32. The Morgan fingerprint density at radius 1 is 1.35 bits per heavy atom. The van der Waals surface area contributed by atoms with Crippen LogP contribution in [0.2, 0.25) is 0 Å². The lowest BCUT2D eigenvalue weighted by Crippen LogP contribution is -2.40. The van der Waals surface area contributed by atoms with Crippen molar-refractivity contribution < 1.29 is 23.5 Å². The summed E-state index contributed by atoms with van der Waals surface area (Å²) < 4.78 is 26.7. The largest absolute Gasteiger partial charge is 0.481 e. The molecule has 1 atom stereocenters. The highest BCUT2D eigenvalue weighted by Gasteiger charge is 2.27. The maximum atomic E-state index is 13.6. The zero-order valence-corrected chi connectivity index (χ0v) is 10.8. The second-order valence-electron chi connectivity index (χ2n) is 4.98. The van der Waals surface area contributed by atoms with Crippen molar-refractivity contribution in [1.29, 1.82) is 0 Å². The molecule has 1 fully saturated rings. The number of nitrogens with zero attached hydrogens (tertiary/aromatic N) is 1. The standard InChI is InChI=1S/C14H15F2NO3/c15-10-3-4-12(16)11(7-10)14(20)17-5-1-2-9(8-17)6-13(18)19/h3-4,7,9H,1-2,5-6,8H2,(H,18,19). The summed E-state index contributed by atoms with van der Waals surface area (Å²) in [6, 6.07) is 2.75. The zero-order valence-electron chi connectivity index (χ0n) is 10.8. The number of carbonyl (C=O) groups is 2. The van der Waals surface area contributed by atoms with E-state index in [9.17, 15) is 18.4 Å². The number of piperidine rings is 1. The second-order valence-corrected chi connectivity index (χ2v) is 4.98. The number of aliphatic carboxylic acids is 1. The van der Waals surface area contributed by atoms with Gasteiger partial charge in [0.25, 0.3) is 5.91 Å². The van der Waals surface area contributed by atoms with Gasteiger partial charge < -0.3 is 10.0 Å². The molecule has 1 aromatic carbocycles. The number of hydrogen-bond acceptors (Lipinski definition) is 2. The first-order chi connectivity index (χ1) is 9.47. The molecule has 0 radical (unpaired) electrons. The molecule has 1 N–H and O–H groups in total. The Balaban J connectivity index is 2.12. The van der Waals surface area contributed by atoms with Crippen LogP contribution in [0, 0.1) is 17.6 Å². The highest BCUT2D eigenvalue weighted by molar-refractivity contribution is 5.94. The highest BCUT2D eigenvalue weighted by atomic mass is 19.1. The van der Waals surface area contributed by atoms with Crippen molar-refractivity contribution in [3.63, 3.8) is 0 Å². The fourth-order valence-corrected chi connectivity index (χ4v) is 2.49. The number of benzene rings is 1. The molecule has 1 heterocycles. The van der Waals surface area contributed by atoms with Gasteiger partial charge in [-0.3, -0.25) is 9.59 Å². The van der Waals surface area contributed by atoms with E-state index in [1.807, 2.05) is 0 Å². The van der Waals surface area contributed by atoms with E-state index in [0.717, 1.165) is 24.6 Å². The molecule has 1 amide bonds. The van der Waals surface area contributed by atoms with Crippen molar-refractivity contribution in [2.75, 3.05) is 13.1 Å². The minimum Gasteiger partial charge on any atom is -0.481 e. The molecule has 108 valence electrons. The molecule has 0 saturated carbocycles. The Bertz CT molecular complexity index is 533. The average Bonchev–Trinajstić information content (AvgIpc) is 2.40. The van der Waals surface area contributed by atoms with Crippen molar-refractivity contribution in [2.45, 2.75) is 19.3 Å². The van der Waals surface area contributed by atoms with Crippen molar-refractivity contribution >= 4 is 11.9 Å². The van der Waals surface area contributed by atoms with Crippen LogP contribution in [0.5, 0.6) is 0 Å². The van der Waals surface area contributed by atoms with Crippen molar-refractivity contribution in [3.8, 4) is 0 Å². The highest BCUT2D eigenvalue weighted by Crippen LogP contribution is 2.22. The number of carboxylic acid groups (broad SMARTS) is 1. The van der Waals surface area contributed by atoms with Crippen LogP contribution in [-0.2, 0) is 4.79 Å². The molecule has 1 aliphatic rings. The molecular formula is C14H15F2NO3. The molecule has 0 aromatic heterocycles. The van der Waals surface area contributed by atoms with Gasteiger partial charge in [0.05, 0.1) is 5.56 Å². The number of rotatable bonds is 3. The van der Waals surface area contributed by atoms with E-state index in [1.165, 1.54) is 4.90 Å². The van der Waals surface area contributed by atoms with Crippen molar-refractivity contribution in [1.82, 2.24) is 4.90 Å². The Hall–Kier alpha value is -1.98. The molecule has 0 bridgehead atoms. The van der Waals surface area contributed by atoms with E-state index >= 15 is 0 Å². The number of halogens is 2. The summed E-state index contributed by atoms with van der Waals surface area (Å²) in [4.78, 5) is 24.3. The van der Waals surface area contributed by atoms with Crippen LogP contribution in [0.3, 0.4) is 0 Å². The Morgan fingerprint density at radius 3 is 2.80 bits per heavy atom. The van der Waals surface area contributed by atoms with Crippen LogP contribution in [0.25, 0.3) is 0 Å². The quantitative estimate of drug-likeness (QED) is 0.926. The minimum atomic E-state index is -0.916. The fourth-order valence-electron chi connectivity index (χ4n) is 2.49. The zero-order chi connectivity index (χ0) is 14.7. The summed E-state index contributed by atoms with van der Waals surface area (Å²) in [6.07, 6.45) is 1.37. The average molecular weight is 283 g/mol. The maximum absolute atomic E-state index is 13.6. The lowest BCUT2D eigenvalue weighted by Gasteiger charge is -2.32. The third-order valence-electron chi connectivity index (χ3n) is 3.43. The predicted molar refractivity (Wildman–Crippen MR) is 67.2 cm³/mol. The molecule has 1 unspecified atom stereocenters. The topological polar surface area (TPSA) is 57.6 Å². The van der Waals surface area contributed by atoms with Gasteiger partial charge in [0.1, 0.15) is 11.6 Å². The van der Waals surface area contributed by atoms with E-state index in [2.05, 4.69) is 0 Å². The van der Waals surface area contributed by atoms with E-state index in [-0.39, 0.29) is 24.4 Å². The molecule has 2 rings (SSSR count). The molecular weight excluding hydrogens is 268 g/mol. The predicted octanol–water partition coefficient (Wildman–Crippen LogP) is 2.29. The number of carbonyl (C=O) groups excluding carboxylic acids is 1. The molecule has 0 aliphatic carbocycles. The normalized spacial score (nSPS) is 18.9. The molecule has 0 spiro atoms. The Labute approximate surface area is 115 Å². The first-order valence-corrected chi connectivity index (χ1v) is 6.43. The lowest BCUT2D eigenvalue weighted by atomic mass is 9.94. The van der Waals surface area contributed by atoms with Crippen molar-refractivity contribution in [3.05, 3.63) is 35.4 Å². The molecule has 1 aromatic rings. The summed E-state index contributed by atoms with van der Waals surface area (Å²) in [5.74, 6) is -3.08. The third kappa shape index (κ3) is 3.31. The van der Waals surface area contributed by atoms with Gasteiger partial charge in [0.2, 0.25) is 0 Å². The summed E-state index contributed by atoms with van der Waals surface area (Å²) in [7, 11) is 0. The number of amides is 1. The Morgan fingerprint density at radius 2 is 2.10 bits per heavy atom. The van der Waals surface area contributed by atoms with Gasteiger partial charge in [0.15, 0.2) is 0 Å². The smallest absolute Gasteiger partial charge is 0.303 e. The number of carboxylic acids is 1.